The molecule has 1 fully saturated rings. The Bertz CT molecular complexity index is 1180. The lowest BCUT2D eigenvalue weighted by Crippen LogP contribution is -2.49. The van der Waals surface area contributed by atoms with Gasteiger partial charge in [0, 0.05) is 44.5 Å². The van der Waals surface area contributed by atoms with Crippen molar-refractivity contribution < 1.29 is 28.2 Å². The smallest absolute Gasteiger partial charge is 0.244 e. The van der Waals surface area contributed by atoms with E-state index in [1.165, 1.54) is 11.8 Å². The predicted octanol–water partition coefficient (Wildman–Crippen LogP) is 4.01. The normalized spacial score (nSPS) is 14.8. The molecule has 0 radical (unpaired) electrons. The first kappa shape index (κ1) is 26.9. The van der Waals surface area contributed by atoms with Crippen LogP contribution in [0, 0.1) is 0 Å². The second-order valence-corrected chi connectivity index (χ2v) is 8.79. The van der Waals surface area contributed by atoms with Crippen LogP contribution in [-0.4, -0.2) is 72.0 Å². The summed E-state index contributed by atoms with van der Waals surface area (Å²) in [7, 11) is 6.34. The highest BCUT2D eigenvalue weighted by Gasteiger charge is 2.27. The Morgan fingerprint density at radius 2 is 1.63 bits per heavy atom. The van der Waals surface area contributed by atoms with Crippen molar-refractivity contribution in [3.63, 3.8) is 0 Å². The molecule has 38 heavy (non-hydrogen) atoms. The van der Waals surface area contributed by atoms with Crippen LogP contribution >= 0.6 is 0 Å². The molecule has 1 amide bonds. The summed E-state index contributed by atoms with van der Waals surface area (Å²) in [6.45, 7) is 3.86. The van der Waals surface area contributed by atoms with Gasteiger partial charge in [-0.1, -0.05) is 0 Å². The molecule has 1 aromatic heterocycles. The molecule has 1 aliphatic heterocycles. The minimum Gasteiger partial charge on any atom is -0.497 e. The summed E-state index contributed by atoms with van der Waals surface area (Å²) in [4.78, 5) is 17.4. The molecule has 0 spiro atoms. The number of rotatable bonds is 11. The number of nitrogens with zero attached hydrogens (tertiary/aromatic N) is 2. The topological polar surface area (TPSA) is 85.6 Å². The molecule has 1 aliphatic rings. The minimum atomic E-state index is -0.202. The van der Waals surface area contributed by atoms with Crippen LogP contribution in [0.1, 0.15) is 17.4 Å². The number of carbonyl (C=O) groups is 1. The first-order valence-electron chi connectivity index (χ1n) is 12.5. The number of anilines is 1. The van der Waals surface area contributed by atoms with Crippen LogP contribution in [0.4, 0.5) is 5.69 Å². The van der Waals surface area contributed by atoms with E-state index in [9.17, 15) is 4.79 Å². The zero-order valence-electron chi connectivity index (χ0n) is 22.3. The summed E-state index contributed by atoms with van der Waals surface area (Å²) in [6, 6.07) is 15.5. The Morgan fingerprint density at radius 1 is 0.947 bits per heavy atom. The van der Waals surface area contributed by atoms with Crippen LogP contribution in [0.15, 0.2) is 65.3 Å². The molecule has 202 valence electrons. The van der Waals surface area contributed by atoms with Crippen molar-refractivity contribution >= 4 is 17.7 Å². The average Bonchev–Trinajstić information content (AvgIpc) is 3.50. The van der Waals surface area contributed by atoms with E-state index in [4.69, 9.17) is 23.4 Å². The highest BCUT2D eigenvalue weighted by Crippen LogP contribution is 2.38. The Morgan fingerprint density at radius 3 is 2.18 bits per heavy atom. The van der Waals surface area contributed by atoms with Crippen LogP contribution in [0.2, 0.25) is 0 Å². The Kier molecular flexibility index (Phi) is 9.16. The van der Waals surface area contributed by atoms with E-state index in [0.29, 0.717) is 23.8 Å². The van der Waals surface area contributed by atoms with Crippen molar-refractivity contribution in [3.05, 3.63) is 72.2 Å². The fraction of sp³-hybridized carbons (Fsp3) is 0.345. The van der Waals surface area contributed by atoms with Gasteiger partial charge >= 0.3 is 0 Å². The van der Waals surface area contributed by atoms with Gasteiger partial charge in [-0.15, -0.1) is 0 Å². The van der Waals surface area contributed by atoms with E-state index >= 15 is 0 Å². The molecular formula is C29H35N3O6. The molecule has 3 aromatic rings. The second kappa shape index (κ2) is 12.9. The fourth-order valence-electron chi connectivity index (χ4n) is 4.60. The zero-order chi connectivity index (χ0) is 26.9. The van der Waals surface area contributed by atoms with Crippen molar-refractivity contribution in [2.75, 3.05) is 66.1 Å². The van der Waals surface area contributed by atoms with Crippen molar-refractivity contribution in [2.45, 2.75) is 6.04 Å². The maximum absolute atomic E-state index is 12.7. The van der Waals surface area contributed by atoms with Gasteiger partial charge < -0.3 is 33.6 Å². The third-order valence-electron chi connectivity index (χ3n) is 6.65. The number of methoxy groups -OCH3 is 4. The van der Waals surface area contributed by atoms with E-state index in [0.717, 1.165) is 43.3 Å². The summed E-state index contributed by atoms with van der Waals surface area (Å²) in [5, 5.41) is 3.03. The maximum atomic E-state index is 12.7. The number of ether oxygens (including phenoxy) is 4. The summed E-state index contributed by atoms with van der Waals surface area (Å²) in [6.07, 6.45) is 4.89. The van der Waals surface area contributed by atoms with E-state index in [1.54, 1.807) is 52.9 Å². The molecule has 1 atom stereocenters. The molecule has 0 aliphatic carbocycles. The number of hydrogen-bond donors (Lipinski definition) is 1. The van der Waals surface area contributed by atoms with Gasteiger partial charge in [0.05, 0.1) is 40.7 Å². The molecule has 4 rings (SSSR count). The highest BCUT2D eigenvalue weighted by atomic mass is 16.5. The molecule has 1 saturated heterocycles. The summed E-state index contributed by atoms with van der Waals surface area (Å²) < 4.78 is 27.2. The summed E-state index contributed by atoms with van der Waals surface area (Å²) in [5.74, 6) is 3.03. The molecule has 2 heterocycles. The molecule has 0 bridgehead atoms. The minimum absolute atomic E-state index is 0.0680. The molecule has 1 unspecified atom stereocenters. The van der Waals surface area contributed by atoms with Gasteiger partial charge in [-0.3, -0.25) is 9.69 Å². The molecule has 9 nitrogen and oxygen atoms in total. The van der Waals surface area contributed by atoms with Crippen molar-refractivity contribution in [1.82, 2.24) is 10.2 Å². The van der Waals surface area contributed by atoms with Gasteiger partial charge in [-0.2, -0.15) is 0 Å². The van der Waals surface area contributed by atoms with Gasteiger partial charge in [-0.05, 0) is 60.2 Å². The SMILES string of the molecule is COc1ccc(N2CCN(C(CNC(=O)/C=C/c3cc(OC)c(OC)c(OC)c3)c3ccco3)CC2)cc1. The Hall–Kier alpha value is -4.11. The number of piperazine rings is 1. The third kappa shape index (κ3) is 6.41. The Balaban J connectivity index is 1.38. The molecule has 1 N–H and O–H groups in total. The van der Waals surface area contributed by atoms with Crippen molar-refractivity contribution in [2.24, 2.45) is 0 Å². The van der Waals surface area contributed by atoms with Gasteiger partial charge in [0.2, 0.25) is 11.7 Å². The predicted molar refractivity (Wildman–Crippen MR) is 146 cm³/mol. The quantitative estimate of drug-likeness (QED) is 0.379. The van der Waals surface area contributed by atoms with Crippen LogP contribution in [0.3, 0.4) is 0 Å². The number of hydrogen-bond acceptors (Lipinski definition) is 8. The van der Waals surface area contributed by atoms with E-state index in [-0.39, 0.29) is 11.9 Å². The van der Waals surface area contributed by atoms with E-state index in [2.05, 4.69) is 27.2 Å². The number of furan rings is 1. The standard InChI is InChI=1S/C29H35N3O6/c1-34-23-10-8-22(9-11-23)31-13-15-32(16-14-31)24(25-6-5-17-38-25)20-30-28(33)12-7-21-18-26(35-2)29(37-4)27(19-21)36-3/h5-12,17-19,24H,13-16,20H2,1-4H3,(H,30,33)/b12-7+. The molecule has 0 saturated carbocycles. The van der Waals surface area contributed by atoms with Gasteiger partial charge in [-0.25, -0.2) is 0 Å². The second-order valence-electron chi connectivity index (χ2n) is 8.79. The van der Waals surface area contributed by atoms with Gasteiger partial charge in [0.25, 0.3) is 0 Å². The maximum Gasteiger partial charge on any atom is 0.244 e. The Labute approximate surface area is 223 Å². The number of nitrogens with one attached hydrogen (secondary N) is 1. The molecule has 2 aromatic carbocycles. The largest absolute Gasteiger partial charge is 0.497 e. The first-order valence-corrected chi connectivity index (χ1v) is 12.5. The lowest BCUT2D eigenvalue weighted by Gasteiger charge is -2.39. The fourth-order valence-corrected chi connectivity index (χ4v) is 4.60. The monoisotopic (exact) mass is 521 g/mol. The molecule has 9 heteroatoms. The number of benzene rings is 2. The van der Waals surface area contributed by atoms with Crippen molar-refractivity contribution in [3.8, 4) is 23.0 Å². The van der Waals surface area contributed by atoms with Crippen LogP contribution in [-0.2, 0) is 4.79 Å². The zero-order valence-corrected chi connectivity index (χ0v) is 22.3. The van der Waals surface area contributed by atoms with Gasteiger partial charge in [0.1, 0.15) is 11.5 Å². The van der Waals surface area contributed by atoms with Crippen molar-refractivity contribution in [1.29, 1.82) is 0 Å². The lowest BCUT2D eigenvalue weighted by atomic mass is 10.1. The summed E-state index contributed by atoms with van der Waals surface area (Å²) in [5.41, 5.74) is 1.93. The van der Waals surface area contributed by atoms with Gasteiger partial charge in [0.15, 0.2) is 11.5 Å². The third-order valence-corrected chi connectivity index (χ3v) is 6.65. The number of carbonyl (C=O) groups excluding carboxylic acids is 1. The lowest BCUT2D eigenvalue weighted by molar-refractivity contribution is -0.116. The first-order chi connectivity index (χ1) is 18.6. The summed E-state index contributed by atoms with van der Waals surface area (Å²) >= 11 is 0. The van der Waals surface area contributed by atoms with Crippen LogP contribution in [0.5, 0.6) is 23.0 Å². The van der Waals surface area contributed by atoms with E-state index in [1.807, 2.05) is 24.3 Å². The van der Waals surface area contributed by atoms with Crippen LogP contribution in [0.25, 0.3) is 6.08 Å². The highest BCUT2D eigenvalue weighted by molar-refractivity contribution is 5.92. The number of amides is 1. The average molecular weight is 522 g/mol. The van der Waals surface area contributed by atoms with E-state index < -0.39 is 0 Å². The van der Waals surface area contributed by atoms with Crippen LogP contribution < -0.4 is 29.2 Å². The molecular weight excluding hydrogens is 486 g/mol.